The fourth-order valence-corrected chi connectivity index (χ4v) is 10.5. The van der Waals surface area contributed by atoms with Gasteiger partial charge in [-0.1, -0.05) is 145 Å². The van der Waals surface area contributed by atoms with Gasteiger partial charge in [-0.05, 0) is 27.5 Å². The fraction of sp³-hybridized carbons (Fsp3) is 0.0667. The van der Waals surface area contributed by atoms with E-state index < -0.39 is 8.07 Å². The molecule has 0 fully saturated rings. The van der Waals surface area contributed by atoms with Crippen molar-refractivity contribution >= 4 is 23.6 Å². The zero-order valence-electron chi connectivity index (χ0n) is 17.6. The van der Waals surface area contributed by atoms with Crippen LogP contribution in [0.25, 0.3) is 0 Å². The molecule has 0 aromatic heterocycles. The van der Waals surface area contributed by atoms with Gasteiger partial charge in [0.15, 0.2) is 8.07 Å². The van der Waals surface area contributed by atoms with Gasteiger partial charge in [-0.3, -0.25) is 0 Å². The second-order valence-corrected chi connectivity index (χ2v) is 12.1. The number of rotatable bonds is 6. The summed E-state index contributed by atoms with van der Waals surface area (Å²) in [6.45, 7) is 0. The summed E-state index contributed by atoms with van der Waals surface area (Å²) in [5.41, 5.74) is 3.26. The first-order chi connectivity index (χ1) is 15.4. The van der Waals surface area contributed by atoms with E-state index in [1.807, 2.05) is 0 Å². The molecular formula is C30H26Si. The van der Waals surface area contributed by atoms with Gasteiger partial charge in [-0.15, -0.1) is 0 Å². The molecule has 1 atom stereocenters. The van der Waals surface area contributed by atoms with Gasteiger partial charge in [0.1, 0.15) is 0 Å². The summed E-state index contributed by atoms with van der Waals surface area (Å²) in [5.74, 6) is 0. The summed E-state index contributed by atoms with van der Waals surface area (Å²) in [5, 5.41) is 4.38. The van der Waals surface area contributed by atoms with Gasteiger partial charge in [0.2, 0.25) is 0 Å². The molecule has 0 amide bonds. The number of hydrogen-bond donors (Lipinski definition) is 0. The van der Waals surface area contributed by atoms with E-state index in [1.54, 1.807) is 0 Å². The third kappa shape index (κ3) is 3.62. The average Bonchev–Trinajstić information content (AvgIpc) is 3.31. The molecule has 150 valence electrons. The lowest BCUT2D eigenvalue weighted by molar-refractivity contribution is 1.06. The number of hydrogen-bond acceptors (Lipinski definition) is 0. The number of allylic oxidation sites excluding steroid dienone is 4. The Morgan fingerprint density at radius 2 is 0.935 bits per heavy atom. The lowest BCUT2D eigenvalue weighted by atomic mass is 10.0. The standard InChI is InChI=1S/C30H26Si/c1-5-14-25(15-6-1)24-26-16-13-23-30(26)31(27-17-7-2-8-18-27,28-19-9-3-10-20-28)29-21-11-4-12-22-29/h1-23,30H,24H2. The van der Waals surface area contributed by atoms with Gasteiger partial charge in [0.25, 0.3) is 0 Å². The molecule has 0 heterocycles. The Kier molecular flexibility index (Phi) is 5.51. The van der Waals surface area contributed by atoms with Crippen molar-refractivity contribution in [2.24, 2.45) is 0 Å². The average molecular weight is 415 g/mol. The maximum Gasteiger partial charge on any atom is 0.158 e. The van der Waals surface area contributed by atoms with Crippen LogP contribution in [0.3, 0.4) is 0 Å². The van der Waals surface area contributed by atoms with Crippen LogP contribution in [0.4, 0.5) is 0 Å². The predicted octanol–water partition coefficient (Wildman–Crippen LogP) is 5.27. The minimum absolute atomic E-state index is 0.375. The topological polar surface area (TPSA) is 0 Å². The molecule has 0 N–H and O–H groups in total. The maximum absolute atomic E-state index is 2.46. The summed E-state index contributed by atoms with van der Waals surface area (Å²) >= 11 is 0. The van der Waals surface area contributed by atoms with Gasteiger partial charge < -0.3 is 0 Å². The van der Waals surface area contributed by atoms with Crippen LogP contribution in [0.5, 0.6) is 0 Å². The van der Waals surface area contributed by atoms with E-state index in [0.717, 1.165) is 6.42 Å². The summed E-state index contributed by atoms with van der Waals surface area (Å²) in [7, 11) is -2.36. The Balaban J connectivity index is 1.74. The van der Waals surface area contributed by atoms with Crippen LogP contribution in [0, 0.1) is 0 Å². The largest absolute Gasteiger partial charge is 0.158 e. The van der Waals surface area contributed by atoms with Crippen LogP contribution in [0.1, 0.15) is 5.56 Å². The predicted molar refractivity (Wildman–Crippen MR) is 135 cm³/mol. The van der Waals surface area contributed by atoms with Gasteiger partial charge >= 0.3 is 0 Å². The van der Waals surface area contributed by atoms with Crippen molar-refractivity contribution < 1.29 is 0 Å². The van der Waals surface area contributed by atoms with Crippen LogP contribution >= 0.6 is 0 Å². The van der Waals surface area contributed by atoms with Crippen molar-refractivity contribution in [3.05, 3.63) is 151 Å². The van der Waals surface area contributed by atoms with E-state index >= 15 is 0 Å². The second-order valence-electron chi connectivity index (χ2n) is 8.17. The minimum atomic E-state index is -2.36. The summed E-state index contributed by atoms with van der Waals surface area (Å²) in [4.78, 5) is 0. The molecule has 4 aromatic rings. The highest BCUT2D eigenvalue weighted by molar-refractivity contribution is 7.13. The third-order valence-corrected chi connectivity index (χ3v) is 11.6. The molecule has 0 saturated carbocycles. The highest BCUT2D eigenvalue weighted by Crippen LogP contribution is 2.37. The molecule has 0 saturated heterocycles. The van der Waals surface area contributed by atoms with Crippen molar-refractivity contribution in [1.82, 2.24) is 0 Å². The molecular weight excluding hydrogens is 388 g/mol. The summed E-state index contributed by atoms with van der Waals surface area (Å²) < 4.78 is 0. The quantitative estimate of drug-likeness (QED) is 0.298. The Morgan fingerprint density at radius 1 is 0.516 bits per heavy atom. The van der Waals surface area contributed by atoms with E-state index in [1.165, 1.54) is 26.7 Å². The zero-order chi connectivity index (χ0) is 20.9. The lowest BCUT2D eigenvalue weighted by Gasteiger charge is -2.40. The van der Waals surface area contributed by atoms with Crippen molar-refractivity contribution in [3.8, 4) is 0 Å². The van der Waals surface area contributed by atoms with Gasteiger partial charge in [-0.25, -0.2) is 0 Å². The Labute approximate surface area is 186 Å². The zero-order valence-corrected chi connectivity index (χ0v) is 18.6. The molecule has 1 unspecified atom stereocenters. The summed E-state index contributed by atoms with van der Waals surface area (Å²) in [6, 6.07) is 44.5. The van der Waals surface area contributed by atoms with Crippen molar-refractivity contribution in [2.45, 2.75) is 12.0 Å². The normalized spacial score (nSPS) is 15.6. The van der Waals surface area contributed by atoms with E-state index in [2.05, 4.69) is 140 Å². The molecule has 4 aromatic carbocycles. The maximum atomic E-state index is 2.46. The van der Waals surface area contributed by atoms with Gasteiger partial charge in [0.05, 0.1) is 0 Å². The van der Waals surface area contributed by atoms with E-state index in [-0.39, 0.29) is 0 Å². The van der Waals surface area contributed by atoms with Crippen molar-refractivity contribution in [3.63, 3.8) is 0 Å². The van der Waals surface area contributed by atoms with Gasteiger partial charge in [-0.2, -0.15) is 0 Å². The number of benzene rings is 4. The molecule has 31 heavy (non-hydrogen) atoms. The molecule has 0 nitrogen and oxygen atoms in total. The third-order valence-electron chi connectivity index (χ3n) is 6.42. The van der Waals surface area contributed by atoms with Crippen LogP contribution in [-0.2, 0) is 6.42 Å². The van der Waals surface area contributed by atoms with E-state index in [9.17, 15) is 0 Å². The summed E-state index contributed by atoms with van der Waals surface area (Å²) in [6.07, 6.45) is 8.07. The Hall–Kier alpha value is -3.42. The van der Waals surface area contributed by atoms with Crippen molar-refractivity contribution in [1.29, 1.82) is 0 Å². The van der Waals surface area contributed by atoms with E-state index in [4.69, 9.17) is 0 Å². The fourth-order valence-electron chi connectivity index (χ4n) is 5.08. The highest BCUT2D eigenvalue weighted by Gasteiger charge is 2.47. The molecule has 0 aliphatic heterocycles. The first-order valence-electron chi connectivity index (χ1n) is 11.0. The molecule has 1 aliphatic carbocycles. The molecule has 0 spiro atoms. The molecule has 1 heteroatoms. The monoisotopic (exact) mass is 414 g/mol. The smallest absolute Gasteiger partial charge is 0.0790 e. The van der Waals surface area contributed by atoms with Crippen LogP contribution in [0.15, 0.2) is 145 Å². The molecule has 0 radical (unpaired) electrons. The van der Waals surface area contributed by atoms with Crippen molar-refractivity contribution in [2.75, 3.05) is 0 Å². The first-order valence-corrected chi connectivity index (χ1v) is 13.0. The minimum Gasteiger partial charge on any atom is -0.0790 e. The van der Waals surface area contributed by atoms with Crippen LogP contribution in [-0.4, -0.2) is 8.07 Å². The lowest BCUT2D eigenvalue weighted by Crippen LogP contribution is -2.69. The molecule has 0 bridgehead atoms. The molecule has 1 aliphatic rings. The van der Waals surface area contributed by atoms with Crippen LogP contribution in [0.2, 0.25) is 5.54 Å². The highest BCUT2D eigenvalue weighted by atomic mass is 28.3. The Bertz CT molecular complexity index is 1080. The van der Waals surface area contributed by atoms with E-state index in [0.29, 0.717) is 5.54 Å². The van der Waals surface area contributed by atoms with Gasteiger partial charge in [0, 0.05) is 5.54 Å². The first kappa shape index (κ1) is 19.5. The SMILES string of the molecule is C1=CC([Si](c2ccccc2)(c2ccccc2)c2ccccc2)C(Cc2ccccc2)=C1. The van der Waals surface area contributed by atoms with Crippen LogP contribution < -0.4 is 15.6 Å². The second kappa shape index (κ2) is 8.75. The molecule has 5 rings (SSSR count). The Morgan fingerprint density at radius 3 is 1.39 bits per heavy atom.